The Hall–Kier alpha value is -1.30. The summed E-state index contributed by atoms with van der Waals surface area (Å²) in [6.07, 6.45) is 0. The van der Waals surface area contributed by atoms with E-state index in [1.54, 1.807) is 0 Å². The van der Waals surface area contributed by atoms with Crippen molar-refractivity contribution >= 4 is 10.8 Å². The second kappa shape index (κ2) is 5.11. The van der Waals surface area contributed by atoms with Crippen LogP contribution in [-0.2, 0) is 16.2 Å². The van der Waals surface area contributed by atoms with Crippen molar-refractivity contribution in [2.75, 3.05) is 0 Å². The fraction of sp³-hybridized carbons (Fsp3) is 0.545. The van der Waals surface area contributed by atoms with E-state index in [0.717, 1.165) is 0 Å². The third-order valence-electron chi connectivity index (χ3n) is 4.41. The number of rotatable bonds is 0. The standard InChI is InChI=1S/C22H32/c1-20(2,3)17-14-18(21(4,5)6)19(22(7,8)9)16-13-11-10-12-15(16)17/h10-14H,1-9H3. The van der Waals surface area contributed by atoms with E-state index in [0.29, 0.717) is 0 Å². The predicted octanol–water partition coefficient (Wildman–Crippen LogP) is 6.73. The molecule has 22 heavy (non-hydrogen) atoms. The lowest BCUT2D eigenvalue weighted by molar-refractivity contribution is 0.529. The van der Waals surface area contributed by atoms with Gasteiger partial charge >= 0.3 is 0 Å². The third-order valence-corrected chi connectivity index (χ3v) is 4.41. The van der Waals surface area contributed by atoms with Gasteiger partial charge in [-0.1, -0.05) is 92.6 Å². The molecule has 0 radical (unpaired) electrons. The minimum Gasteiger partial charge on any atom is -0.0616 e. The number of hydrogen-bond acceptors (Lipinski definition) is 0. The summed E-state index contributed by atoms with van der Waals surface area (Å²) in [7, 11) is 0. The summed E-state index contributed by atoms with van der Waals surface area (Å²) in [6.45, 7) is 21.0. The fourth-order valence-corrected chi connectivity index (χ4v) is 3.40. The fourth-order valence-electron chi connectivity index (χ4n) is 3.40. The van der Waals surface area contributed by atoms with Crippen LogP contribution in [0.4, 0.5) is 0 Å². The van der Waals surface area contributed by atoms with E-state index in [2.05, 4.69) is 92.6 Å². The maximum absolute atomic E-state index is 2.48. The number of fused-ring (bicyclic) bond motifs is 1. The number of hydrogen-bond donors (Lipinski definition) is 0. The van der Waals surface area contributed by atoms with Crippen LogP contribution < -0.4 is 0 Å². The molecule has 0 heterocycles. The van der Waals surface area contributed by atoms with Crippen molar-refractivity contribution in [3.63, 3.8) is 0 Å². The average Bonchev–Trinajstić information content (AvgIpc) is 2.33. The van der Waals surface area contributed by atoms with Crippen molar-refractivity contribution in [3.05, 3.63) is 47.0 Å². The Bertz CT molecular complexity index is 683. The van der Waals surface area contributed by atoms with E-state index in [1.165, 1.54) is 27.5 Å². The zero-order valence-electron chi connectivity index (χ0n) is 15.9. The first-order valence-corrected chi connectivity index (χ1v) is 8.40. The molecule has 0 aliphatic carbocycles. The van der Waals surface area contributed by atoms with E-state index < -0.39 is 0 Å². The Balaban J connectivity index is 3.05. The predicted molar refractivity (Wildman–Crippen MR) is 100 cm³/mol. The van der Waals surface area contributed by atoms with Crippen molar-refractivity contribution in [2.45, 2.75) is 78.6 Å². The minimum absolute atomic E-state index is 0.138. The molecule has 0 N–H and O–H groups in total. The molecular formula is C22H32. The Morgan fingerprint density at radius 3 is 1.41 bits per heavy atom. The van der Waals surface area contributed by atoms with Crippen LogP contribution in [-0.4, -0.2) is 0 Å². The summed E-state index contributed by atoms with van der Waals surface area (Å²) >= 11 is 0. The summed E-state index contributed by atoms with van der Waals surface area (Å²) in [6, 6.07) is 11.4. The average molecular weight is 296 g/mol. The summed E-state index contributed by atoms with van der Waals surface area (Å²) in [4.78, 5) is 0. The number of benzene rings is 2. The van der Waals surface area contributed by atoms with Crippen LogP contribution in [0.1, 0.15) is 79.0 Å². The van der Waals surface area contributed by atoms with E-state index in [4.69, 9.17) is 0 Å². The van der Waals surface area contributed by atoms with Crippen LogP contribution >= 0.6 is 0 Å². The minimum atomic E-state index is 0.138. The highest BCUT2D eigenvalue weighted by Gasteiger charge is 2.30. The van der Waals surface area contributed by atoms with Gasteiger partial charge in [-0.25, -0.2) is 0 Å². The molecule has 0 spiro atoms. The Kier molecular flexibility index (Phi) is 3.97. The van der Waals surface area contributed by atoms with Gasteiger partial charge in [-0.3, -0.25) is 0 Å². The van der Waals surface area contributed by atoms with Crippen LogP contribution in [0.3, 0.4) is 0 Å². The van der Waals surface area contributed by atoms with E-state index in [9.17, 15) is 0 Å². The van der Waals surface area contributed by atoms with E-state index in [-0.39, 0.29) is 16.2 Å². The van der Waals surface area contributed by atoms with Gasteiger partial charge in [0.15, 0.2) is 0 Å². The zero-order chi connectivity index (χ0) is 16.9. The third kappa shape index (κ3) is 3.07. The Morgan fingerprint density at radius 1 is 0.545 bits per heavy atom. The van der Waals surface area contributed by atoms with Crippen LogP contribution in [0.25, 0.3) is 10.8 Å². The van der Waals surface area contributed by atoms with E-state index >= 15 is 0 Å². The van der Waals surface area contributed by atoms with Crippen LogP contribution in [0.15, 0.2) is 30.3 Å². The Labute approximate surface area is 136 Å². The first-order valence-electron chi connectivity index (χ1n) is 8.40. The summed E-state index contributed by atoms with van der Waals surface area (Å²) < 4.78 is 0. The molecule has 0 saturated heterocycles. The molecule has 2 rings (SSSR count). The summed E-state index contributed by atoms with van der Waals surface area (Å²) in [5, 5.41) is 2.83. The molecule has 2 aromatic carbocycles. The molecule has 0 fully saturated rings. The normalized spacial score (nSPS) is 13.7. The van der Waals surface area contributed by atoms with Gasteiger partial charge in [0.25, 0.3) is 0 Å². The molecule has 2 aromatic rings. The second-order valence-corrected chi connectivity index (χ2v) is 9.64. The zero-order valence-corrected chi connectivity index (χ0v) is 15.9. The van der Waals surface area contributed by atoms with Gasteiger partial charge in [-0.15, -0.1) is 0 Å². The van der Waals surface area contributed by atoms with Gasteiger partial charge in [-0.2, -0.15) is 0 Å². The maximum atomic E-state index is 2.48. The van der Waals surface area contributed by atoms with Crippen LogP contribution in [0.5, 0.6) is 0 Å². The first-order chi connectivity index (χ1) is 9.83. The smallest absolute Gasteiger partial charge is 0.0123 e. The van der Waals surface area contributed by atoms with Gasteiger partial charge in [0, 0.05) is 0 Å². The monoisotopic (exact) mass is 296 g/mol. The first kappa shape index (κ1) is 17.1. The molecule has 0 aliphatic rings. The molecule has 0 saturated carbocycles. The van der Waals surface area contributed by atoms with Gasteiger partial charge in [0.1, 0.15) is 0 Å². The molecule has 0 nitrogen and oxygen atoms in total. The summed E-state index contributed by atoms with van der Waals surface area (Å²) in [5.74, 6) is 0. The molecule has 0 aliphatic heterocycles. The Morgan fingerprint density at radius 2 is 1.00 bits per heavy atom. The van der Waals surface area contributed by atoms with Gasteiger partial charge < -0.3 is 0 Å². The van der Waals surface area contributed by atoms with Crippen molar-refractivity contribution < 1.29 is 0 Å². The van der Waals surface area contributed by atoms with Gasteiger partial charge in [0.05, 0.1) is 0 Å². The molecule has 0 amide bonds. The van der Waals surface area contributed by atoms with Crippen molar-refractivity contribution in [3.8, 4) is 0 Å². The topological polar surface area (TPSA) is 0 Å². The lowest BCUT2D eigenvalue weighted by Gasteiger charge is -2.34. The van der Waals surface area contributed by atoms with Crippen LogP contribution in [0, 0.1) is 0 Å². The molecule has 0 heteroatoms. The highest BCUT2D eigenvalue weighted by atomic mass is 14.3. The van der Waals surface area contributed by atoms with Crippen molar-refractivity contribution in [2.24, 2.45) is 0 Å². The van der Waals surface area contributed by atoms with E-state index in [1.807, 2.05) is 0 Å². The molecular weight excluding hydrogens is 264 g/mol. The quantitative estimate of drug-likeness (QED) is 0.505. The molecule has 0 atom stereocenters. The van der Waals surface area contributed by atoms with Crippen molar-refractivity contribution in [1.82, 2.24) is 0 Å². The largest absolute Gasteiger partial charge is 0.0616 e. The molecule has 0 aromatic heterocycles. The lowest BCUT2D eigenvalue weighted by atomic mass is 9.70. The molecule has 120 valence electrons. The molecule has 0 bridgehead atoms. The SMILES string of the molecule is CC(C)(C)c1cc(C(C)(C)C)c2ccccc2c1C(C)(C)C. The van der Waals surface area contributed by atoms with Crippen LogP contribution in [0.2, 0.25) is 0 Å². The highest BCUT2D eigenvalue weighted by molar-refractivity contribution is 5.91. The molecule has 0 unspecified atom stereocenters. The highest BCUT2D eigenvalue weighted by Crippen LogP contribution is 2.42. The van der Waals surface area contributed by atoms with Crippen molar-refractivity contribution in [1.29, 1.82) is 0 Å². The second-order valence-electron chi connectivity index (χ2n) is 9.64. The summed E-state index contributed by atoms with van der Waals surface area (Å²) in [5.41, 5.74) is 4.88. The lowest BCUT2D eigenvalue weighted by Crippen LogP contribution is -2.24. The maximum Gasteiger partial charge on any atom is -0.0123 e. The van der Waals surface area contributed by atoms with Gasteiger partial charge in [0.2, 0.25) is 0 Å². The van der Waals surface area contributed by atoms with Gasteiger partial charge in [-0.05, 0) is 43.7 Å².